The number of rotatable bonds is 5. The summed E-state index contributed by atoms with van der Waals surface area (Å²) < 4.78 is 14.0. The Hall–Kier alpha value is -4.06. The summed E-state index contributed by atoms with van der Waals surface area (Å²) in [6, 6.07) is 22.2. The quantitative estimate of drug-likeness (QED) is 0.421. The molecule has 34 heavy (non-hydrogen) atoms. The van der Waals surface area contributed by atoms with Crippen LogP contribution in [0.25, 0.3) is 11.1 Å². The van der Waals surface area contributed by atoms with E-state index in [4.69, 9.17) is 9.47 Å². The molecule has 4 aromatic rings. The number of hydrogen-bond acceptors (Lipinski definition) is 4. The fraction of sp³-hybridized carbons (Fsp3) is 0.214. The molecule has 1 unspecified atom stereocenters. The molecule has 3 heterocycles. The number of nitrogens with zero attached hydrogens (tertiary/aromatic N) is 3. The summed E-state index contributed by atoms with van der Waals surface area (Å²) in [5.41, 5.74) is 6.00. The van der Waals surface area contributed by atoms with Crippen LogP contribution in [0.5, 0.6) is 11.5 Å². The maximum atomic E-state index is 13.4. The Bertz CT molecular complexity index is 1360. The molecule has 0 spiro atoms. The first kappa shape index (κ1) is 20.5. The van der Waals surface area contributed by atoms with E-state index in [-0.39, 0.29) is 12.0 Å². The summed E-state index contributed by atoms with van der Waals surface area (Å²) in [6.07, 6.45) is 4.47. The fourth-order valence-electron chi connectivity index (χ4n) is 4.79. The summed E-state index contributed by atoms with van der Waals surface area (Å²) in [5.74, 6) is 1.52. The van der Waals surface area contributed by atoms with Crippen LogP contribution in [0.4, 0.5) is 0 Å². The first-order chi connectivity index (χ1) is 16.7. The Labute approximate surface area is 198 Å². The largest absolute Gasteiger partial charge is 0.493 e. The predicted molar refractivity (Wildman–Crippen MR) is 129 cm³/mol. The van der Waals surface area contributed by atoms with Gasteiger partial charge in [-0.15, -0.1) is 0 Å². The van der Waals surface area contributed by atoms with E-state index in [2.05, 4.69) is 29.4 Å². The predicted octanol–water partition coefficient (Wildman–Crippen LogP) is 5.15. The molecule has 2 aliphatic heterocycles. The van der Waals surface area contributed by atoms with E-state index in [0.29, 0.717) is 31.0 Å². The van der Waals surface area contributed by atoms with Gasteiger partial charge in [0.15, 0.2) is 0 Å². The Morgan fingerprint density at radius 3 is 2.71 bits per heavy atom. The van der Waals surface area contributed by atoms with E-state index in [0.717, 1.165) is 40.0 Å². The molecule has 0 fully saturated rings. The van der Waals surface area contributed by atoms with Gasteiger partial charge in [-0.1, -0.05) is 54.6 Å². The van der Waals surface area contributed by atoms with Gasteiger partial charge in [-0.2, -0.15) is 5.10 Å². The molecule has 6 rings (SSSR count). The Morgan fingerprint density at radius 1 is 1.03 bits per heavy atom. The lowest BCUT2D eigenvalue weighted by atomic mass is 10.0. The molecule has 0 saturated heterocycles. The molecule has 0 radical (unpaired) electrons. The van der Waals surface area contributed by atoms with Crippen molar-refractivity contribution in [2.75, 3.05) is 6.61 Å². The number of carbonyl (C=O) groups is 1. The molecular formula is C28H25N3O3. The van der Waals surface area contributed by atoms with E-state index >= 15 is 0 Å². The Balaban J connectivity index is 1.20. The lowest BCUT2D eigenvalue weighted by Crippen LogP contribution is -2.24. The van der Waals surface area contributed by atoms with Crippen LogP contribution in [0.1, 0.15) is 39.6 Å². The SMILES string of the molecule is Cn1cc(-c2ccc(CN3Cc4cccc(OC5CCOc6ccccc65)c4C3=O)cc2)cn1. The summed E-state index contributed by atoms with van der Waals surface area (Å²) in [4.78, 5) is 15.3. The number of amides is 1. The highest BCUT2D eigenvalue weighted by Crippen LogP contribution is 2.39. The molecule has 1 aromatic heterocycles. The second-order valence-corrected chi connectivity index (χ2v) is 8.83. The lowest BCUT2D eigenvalue weighted by Gasteiger charge is -2.27. The lowest BCUT2D eigenvalue weighted by molar-refractivity contribution is 0.0758. The minimum Gasteiger partial charge on any atom is -0.493 e. The molecule has 0 aliphatic carbocycles. The zero-order valence-electron chi connectivity index (χ0n) is 19.0. The molecule has 1 amide bonds. The van der Waals surface area contributed by atoms with E-state index in [1.165, 1.54) is 0 Å². The van der Waals surface area contributed by atoms with Crippen LogP contribution < -0.4 is 9.47 Å². The van der Waals surface area contributed by atoms with Crippen LogP contribution in [0.2, 0.25) is 0 Å². The Kier molecular flexibility index (Phi) is 5.06. The third kappa shape index (κ3) is 3.71. The number of aryl methyl sites for hydroxylation is 1. The van der Waals surface area contributed by atoms with Crippen molar-refractivity contribution in [3.63, 3.8) is 0 Å². The van der Waals surface area contributed by atoms with Crippen molar-refractivity contribution in [3.05, 3.63) is 101 Å². The van der Waals surface area contributed by atoms with Crippen molar-refractivity contribution in [3.8, 4) is 22.6 Å². The van der Waals surface area contributed by atoms with Crippen molar-refractivity contribution >= 4 is 5.91 Å². The van der Waals surface area contributed by atoms with Gasteiger partial charge in [0, 0.05) is 43.9 Å². The number of benzene rings is 3. The normalized spacial score (nSPS) is 16.7. The van der Waals surface area contributed by atoms with Gasteiger partial charge in [-0.05, 0) is 28.8 Å². The number of aromatic nitrogens is 2. The van der Waals surface area contributed by atoms with Crippen LogP contribution in [-0.4, -0.2) is 27.2 Å². The summed E-state index contributed by atoms with van der Waals surface area (Å²) in [7, 11) is 1.91. The molecule has 0 N–H and O–H groups in total. The van der Waals surface area contributed by atoms with Crippen LogP contribution >= 0.6 is 0 Å². The summed E-state index contributed by atoms with van der Waals surface area (Å²) in [6.45, 7) is 1.74. The second kappa shape index (κ2) is 8.37. The van der Waals surface area contributed by atoms with Gasteiger partial charge >= 0.3 is 0 Å². The van der Waals surface area contributed by atoms with Gasteiger partial charge in [0.1, 0.15) is 17.6 Å². The van der Waals surface area contributed by atoms with Gasteiger partial charge in [-0.3, -0.25) is 9.48 Å². The molecule has 2 aliphatic rings. The molecule has 1 atom stereocenters. The Morgan fingerprint density at radius 2 is 1.88 bits per heavy atom. The van der Waals surface area contributed by atoms with Gasteiger partial charge in [0.25, 0.3) is 5.91 Å². The molecule has 6 heteroatoms. The number of hydrogen-bond donors (Lipinski definition) is 0. The zero-order valence-corrected chi connectivity index (χ0v) is 19.0. The maximum Gasteiger partial charge on any atom is 0.258 e. The van der Waals surface area contributed by atoms with Crippen molar-refractivity contribution in [2.24, 2.45) is 7.05 Å². The summed E-state index contributed by atoms with van der Waals surface area (Å²) >= 11 is 0. The second-order valence-electron chi connectivity index (χ2n) is 8.83. The highest BCUT2D eigenvalue weighted by atomic mass is 16.5. The molecule has 6 nitrogen and oxygen atoms in total. The first-order valence-electron chi connectivity index (χ1n) is 11.5. The molecule has 170 valence electrons. The fourth-order valence-corrected chi connectivity index (χ4v) is 4.79. The van der Waals surface area contributed by atoms with Crippen molar-refractivity contribution in [2.45, 2.75) is 25.6 Å². The minimum absolute atomic E-state index is 0.0160. The standard InChI is InChI=1S/C28H25N3O3/c1-30-17-22(15-29-30)20-11-9-19(10-12-20)16-31-18-21-5-4-8-26(27(21)28(31)32)34-25-13-14-33-24-7-3-2-6-23(24)25/h2-12,15,17,25H,13-14,16,18H2,1H3. The van der Waals surface area contributed by atoms with E-state index in [1.54, 1.807) is 4.68 Å². The average Bonchev–Trinajstić information content (AvgIpc) is 3.43. The molecular weight excluding hydrogens is 426 g/mol. The number of fused-ring (bicyclic) bond motifs is 2. The number of para-hydroxylation sites is 1. The molecule has 0 bridgehead atoms. The number of ether oxygens (including phenoxy) is 2. The van der Waals surface area contributed by atoms with Gasteiger partial charge < -0.3 is 14.4 Å². The van der Waals surface area contributed by atoms with Crippen molar-refractivity contribution in [1.82, 2.24) is 14.7 Å². The third-order valence-corrected chi connectivity index (χ3v) is 6.51. The minimum atomic E-state index is -0.127. The van der Waals surface area contributed by atoms with Crippen molar-refractivity contribution < 1.29 is 14.3 Å². The zero-order chi connectivity index (χ0) is 23.1. The van der Waals surface area contributed by atoms with Gasteiger partial charge in [0.05, 0.1) is 18.4 Å². The van der Waals surface area contributed by atoms with Crippen LogP contribution in [-0.2, 0) is 20.1 Å². The van der Waals surface area contributed by atoms with E-state index < -0.39 is 0 Å². The monoisotopic (exact) mass is 451 g/mol. The highest BCUT2D eigenvalue weighted by molar-refractivity contribution is 6.01. The smallest absolute Gasteiger partial charge is 0.258 e. The molecule has 3 aromatic carbocycles. The van der Waals surface area contributed by atoms with Crippen LogP contribution in [0, 0.1) is 0 Å². The number of carbonyl (C=O) groups excluding carboxylic acids is 1. The topological polar surface area (TPSA) is 56.6 Å². The summed E-state index contributed by atoms with van der Waals surface area (Å²) in [5, 5.41) is 4.24. The van der Waals surface area contributed by atoms with Gasteiger partial charge in [0.2, 0.25) is 0 Å². The van der Waals surface area contributed by atoms with E-state index in [9.17, 15) is 4.79 Å². The highest BCUT2D eigenvalue weighted by Gasteiger charge is 2.32. The van der Waals surface area contributed by atoms with Crippen LogP contribution in [0.15, 0.2) is 79.1 Å². The third-order valence-electron chi connectivity index (χ3n) is 6.51. The molecule has 0 saturated carbocycles. The van der Waals surface area contributed by atoms with E-state index in [1.807, 2.05) is 66.8 Å². The first-order valence-corrected chi connectivity index (χ1v) is 11.5. The van der Waals surface area contributed by atoms with Gasteiger partial charge in [-0.25, -0.2) is 0 Å². The van der Waals surface area contributed by atoms with Crippen LogP contribution in [0.3, 0.4) is 0 Å². The maximum absolute atomic E-state index is 13.4. The van der Waals surface area contributed by atoms with Crippen molar-refractivity contribution in [1.29, 1.82) is 0 Å². The average molecular weight is 452 g/mol.